The summed E-state index contributed by atoms with van der Waals surface area (Å²) >= 11 is 0. The maximum absolute atomic E-state index is 3.12. The van der Waals surface area contributed by atoms with Crippen molar-refractivity contribution in [3.63, 3.8) is 0 Å². The van der Waals surface area contributed by atoms with Crippen molar-refractivity contribution in [2.75, 3.05) is 6.54 Å². The van der Waals surface area contributed by atoms with Gasteiger partial charge in [-0.1, -0.05) is 39.0 Å². The first kappa shape index (κ1) is 11.4. The van der Waals surface area contributed by atoms with Crippen LogP contribution in [0.2, 0.25) is 0 Å². The number of unbranched alkanes of at least 4 members (excludes halogenated alkanes) is 4. The topological polar surface area (TPSA) is 12.0 Å². The van der Waals surface area contributed by atoms with Crippen LogP contribution in [0.3, 0.4) is 0 Å². The van der Waals surface area contributed by atoms with Gasteiger partial charge in [0.15, 0.2) is 0 Å². The van der Waals surface area contributed by atoms with Crippen molar-refractivity contribution in [1.29, 1.82) is 0 Å². The van der Waals surface area contributed by atoms with E-state index in [1.54, 1.807) is 0 Å². The lowest BCUT2D eigenvalue weighted by atomic mass is 10.2. The van der Waals surface area contributed by atoms with Gasteiger partial charge in [-0.2, -0.15) is 0 Å². The van der Waals surface area contributed by atoms with Gasteiger partial charge in [0.1, 0.15) is 0 Å². The van der Waals surface area contributed by atoms with Crippen molar-refractivity contribution in [2.24, 2.45) is 0 Å². The third-order valence-corrected chi connectivity index (χ3v) is 1.74. The van der Waals surface area contributed by atoms with Crippen LogP contribution in [0.1, 0.15) is 52.4 Å². The van der Waals surface area contributed by atoms with Crippen LogP contribution in [0.15, 0.2) is 0 Å². The second kappa shape index (κ2) is 10.4. The van der Waals surface area contributed by atoms with Gasteiger partial charge in [0, 0.05) is 19.0 Å². The first-order chi connectivity index (χ1) is 5.91. The Bertz CT molecular complexity index is 130. The van der Waals surface area contributed by atoms with Gasteiger partial charge < -0.3 is 5.32 Å². The minimum absolute atomic E-state index is 1.04. The zero-order chi connectivity index (χ0) is 9.07. The number of hydrogen-bond acceptors (Lipinski definition) is 1. The van der Waals surface area contributed by atoms with Crippen molar-refractivity contribution in [3.8, 4) is 12.0 Å². The van der Waals surface area contributed by atoms with Gasteiger partial charge >= 0.3 is 0 Å². The zero-order valence-corrected chi connectivity index (χ0v) is 8.45. The summed E-state index contributed by atoms with van der Waals surface area (Å²) in [6.45, 7) is 5.45. The molecule has 0 aromatic rings. The molecule has 1 heteroatoms. The fraction of sp³-hybridized carbons (Fsp3) is 0.818. The van der Waals surface area contributed by atoms with Crippen LogP contribution in [0.4, 0.5) is 0 Å². The van der Waals surface area contributed by atoms with Crippen molar-refractivity contribution < 1.29 is 0 Å². The van der Waals surface area contributed by atoms with E-state index in [1.807, 2.05) is 0 Å². The van der Waals surface area contributed by atoms with E-state index in [0.717, 1.165) is 13.0 Å². The normalized spacial score (nSPS) is 8.83. The molecule has 0 spiro atoms. The average Bonchev–Trinajstić information content (AvgIpc) is 2.10. The largest absolute Gasteiger partial charge is 0.346 e. The molecule has 0 saturated carbocycles. The fourth-order valence-corrected chi connectivity index (χ4v) is 0.916. The molecule has 1 N–H and O–H groups in total. The molecule has 0 heterocycles. The average molecular weight is 167 g/mol. The molecule has 0 aromatic carbocycles. The highest BCUT2D eigenvalue weighted by molar-refractivity contribution is 4.96. The lowest BCUT2D eigenvalue weighted by Gasteiger charge is -1.95. The molecule has 70 valence electrons. The number of rotatable bonds is 6. The summed E-state index contributed by atoms with van der Waals surface area (Å²) in [7, 11) is 0. The van der Waals surface area contributed by atoms with Crippen LogP contribution in [-0.4, -0.2) is 6.54 Å². The summed E-state index contributed by atoms with van der Waals surface area (Å²) in [5.41, 5.74) is 0. The van der Waals surface area contributed by atoms with Gasteiger partial charge in [-0.3, -0.25) is 0 Å². The summed E-state index contributed by atoms with van der Waals surface area (Å²) in [6, 6.07) is 2.98. The first-order valence-corrected chi connectivity index (χ1v) is 5.12. The molecule has 12 heavy (non-hydrogen) atoms. The molecule has 0 aliphatic carbocycles. The Balaban J connectivity index is 2.99. The summed E-state index contributed by atoms with van der Waals surface area (Å²) in [6.07, 6.45) is 7.35. The highest BCUT2D eigenvalue weighted by atomic mass is 14.8. The zero-order valence-electron chi connectivity index (χ0n) is 8.45. The number of hydrogen-bond donors (Lipinski definition) is 1. The van der Waals surface area contributed by atoms with Crippen LogP contribution >= 0.6 is 0 Å². The van der Waals surface area contributed by atoms with Crippen molar-refractivity contribution >= 4 is 0 Å². The molecule has 0 unspecified atom stereocenters. The van der Waals surface area contributed by atoms with Gasteiger partial charge in [0.25, 0.3) is 0 Å². The van der Waals surface area contributed by atoms with Crippen LogP contribution in [-0.2, 0) is 0 Å². The molecular weight excluding hydrogens is 146 g/mol. The Kier molecular flexibility index (Phi) is 9.81. The maximum atomic E-state index is 3.12. The maximum Gasteiger partial charge on any atom is 0.0229 e. The van der Waals surface area contributed by atoms with Gasteiger partial charge in [-0.25, -0.2) is 0 Å². The molecule has 0 bridgehead atoms. The van der Waals surface area contributed by atoms with Gasteiger partial charge in [0.2, 0.25) is 0 Å². The van der Waals surface area contributed by atoms with Crippen molar-refractivity contribution in [2.45, 2.75) is 52.4 Å². The molecule has 0 rings (SSSR count). The molecule has 0 fully saturated rings. The highest BCUT2D eigenvalue weighted by Gasteiger charge is 1.81. The minimum atomic E-state index is 1.04. The van der Waals surface area contributed by atoms with E-state index in [1.165, 1.54) is 32.1 Å². The summed E-state index contributed by atoms with van der Waals surface area (Å²) in [5.74, 6) is 3.10. The highest BCUT2D eigenvalue weighted by Crippen LogP contribution is 1.91. The second-order valence-corrected chi connectivity index (χ2v) is 3.04. The molecule has 0 atom stereocenters. The summed E-state index contributed by atoms with van der Waals surface area (Å²) in [4.78, 5) is 0. The van der Waals surface area contributed by atoms with Gasteiger partial charge in [-0.05, 0) is 12.8 Å². The van der Waals surface area contributed by atoms with E-state index in [4.69, 9.17) is 0 Å². The predicted octanol–water partition coefficient (Wildman–Crippen LogP) is 2.92. The third kappa shape index (κ3) is 9.36. The van der Waals surface area contributed by atoms with Crippen molar-refractivity contribution in [3.05, 3.63) is 0 Å². The molecule has 0 saturated heterocycles. The van der Waals surface area contributed by atoms with E-state index in [0.29, 0.717) is 0 Å². The molecule has 0 aliphatic rings. The van der Waals surface area contributed by atoms with Gasteiger partial charge in [0.05, 0.1) is 0 Å². The van der Waals surface area contributed by atoms with Crippen LogP contribution in [0, 0.1) is 12.0 Å². The molecule has 1 nitrogen and oxygen atoms in total. The van der Waals surface area contributed by atoms with E-state index in [2.05, 4.69) is 31.1 Å². The Hall–Kier alpha value is -0.640. The smallest absolute Gasteiger partial charge is 0.0229 e. The molecular formula is C11H21N. The Morgan fingerprint density at radius 2 is 1.75 bits per heavy atom. The Morgan fingerprint density at radius 3 is 2.42 bits per heavy atom. The fourth-order valence-electron chi connectivity index (χ4n) is 0.916. The summed E-state index contributed by atoms with van der Waals surface area (Å²) < 4.78 is 0. The number of nitrogens with one attached hydrogen (secondary N) is 1. The Morgan fingerprint density at radius 1 is 1.00 bits per heavy atom. The molecule has 0 radical (unpaired) electrons. The minimum Gasteiger partial charge on any atom is -0.346 e. The summed E-state index contributed by atoms with van der Waals surface area (Å²) in [5, 5.41) is 3.12. The monoisotopic (exact) mass is 167 g/mol. The van der Waals surface area contributed by atoms with E-state index >= 15 is 0 Å². The SMILES string of the molecule is CCCCC#CNCCCCC. The second-order valence-electron chi connectivity index (χ2n) is 3.04. The van der Waals surface area contributed by atoms with Crippen molar-refractivity contribution in [1.82, 2.24) is 5.32 Å². The van der Waals surface area contributed by atoms with Crippen LogP contribution in [0.5, 0.6) is 0 Å². The predicted molar refractivity (Wildman–Crippen MR) is 54.8 cm³/mol. The molecule has 0 aromatic heterocycles. The lowest BCUT2D eigenvalue weighted by Crippen LogP contribution is -2.06. The quantitative estimate of drug-likeness (QED) is 0.364. The Labute approximate surface area is 76.9 Å². The van der Waals surface area contributed by atoms with E-state index < -0.39 is 0 Å². The first-order valence-electron chi connectivity index (χ1n) is 5.12. The third-order valence-electron chi connectivity index (χ3n) is 1.74. The van der Waals surface area contributed by atoms with E-state index in [-0.39, 0.29) is 0 Å². The van der Waals surface area contributed by atoms with Crippen LogP contribution < -0.4 is 5.32 Å². The van der Waals surface area contributed by atoms with E-state index in [9.17, 15) is 0 Å². The standard InChI is InChI=1S/C11H21N/c1-3-5-7-9-11-12-10-8-6-4-2/h12H,3-8,10H2,1-2H3. The lowest BCUT2D eigenvalue weighted by molar-refractivity contribution is 0.690. The molecule has 0 aliphatic heterocycles. The van der Waals surface area contributed by atoms with Gasteiger partial charge in [-0.15, -0.1) is 0 Å². The molecule has 0 amide bonds. The van der Waals surface area contributed by atoms with Crippen LogP contribution in [0.25, 0.3) is 0 Å².